The van der Waals surface area contributed by atoms with Crippen LogP contribution in [0.1, 0.15) is 45.4 Å². The maximum Gasteiger partial charge on any atom is 0.227 e. The van der Waals surface area contributed by atoms with Crippen molar-refractivity contribution in [3.63, 3.8) is 0 Å². The minimum atomic E-state index is -0.634. The van der Waals surface area contributed by atoms with Crippen LogP contribution in [0.25, 0.3) is 0 Å². The summed E-state index contributed by atoms with van der Waals surface area (Å²) in [4.78, 5) is 14.1. The molecule has 4 nitrogen and oxygen atoms in total. The fraction of sp³-hybridized carbons (Fsp3) is 0.923. The second-order valence-electron chi connectivity index (χ2n) is 5.68. The van der Waals surface area contributed by atoms with E-state index in [-0.39, 0.29) is 17.9 Å². The first-order valence-corrected chi connectivity index (χ1v) is 6.82. The molecule has 98 valence electrons. The molecule has 1 aliphatic carbocycles. The Kier molecular flexibility index (Phi) is 3.73. The molecule has 0 aromatic carbocycles. The van der Waals surface area contributed by atoms with E-state index in [1.165, 1.54) is 6.42 Å². The summed E-state index contributed by atoms with van der Waals surface area (Å²) in [7, 11) is 0. The smallest absolute Gasteiger partial charge is 0.227 e. The molecule has 1 amide bonds. The molecule has 4 heteroatoms. The van der Waals surface area contributed by atoms with Crippen molar-refractivity contribution in [3.05, 3.63) is 0 Å². The Morgan fingerprint density at radius 2 is 2.00 bits per heavy atom. The highest BCUT2D eigenvalue weighted by Crippen LogP contribution is 2.30. The molecule has 0 bridgehead atoms. The summed E-state index contributed by atoms with van der Waals surface area (Å²) in [6, 6.07) is 0.0142. The van der Waals surface area contributed by atoms with Crippen LogP contribution >= 0.6 is 0 Å². The minimum Gasteiger partial charge on any atom is -0.386 e. The van der Waals surface area contributed by atoms with E-state index in [0.717, 1.165) is 25.7 Å². The number of rotatable bonds is 2. The zero-order valence-corrected chi connectivity index (χ0v) is 10.7. The number of amides is 1. The fourth-order valence-electron chi connectivity index (χ4n) is 2.92. The van der Waals surface area contributed by atoms with E-state index in [4.69, 9.17) is 5.73 Å². The van der Waals surface area contributed by atoms with Gasteiger partial charge in [-0.3, -0.25) is 4.79 Å². The van der Waals surface area contributed by atoms with E-state index >= 15 is 0 Å². The molecule has 1 saturated carbocycles. The number of aliphatic hydroxyl groups is 1. The highest BCUT2D eigenvalue weighted by Gasteiger charge is 2.44. The molecule has 1 heterocycles. The largest absolute Gasteiger partial charge is 0.386 e. The van der Waals surface area contributed by atoms with Gasteiger partial charge in [-0.15, -0.1) is 0 Å². The molecule has 3 N–H and O–H groups in total. The van der Waals surface area contributed by atoms with Crippen LogP contribution in [0.5, 0.6) is 0 Å². The van der Waals surface area contributed by atoms with Crippen LogP contribution in [0.2, 0.25) is 0 Å². The third-order valence-electron chi connectivity index (χ3n) is 4.33. The first-order chi connectivity index (χ1) is 8.06. The van der Waals surface area contributed by atoms with Crippen LogP contribution in [0.3, 0.4) is 0 Å². The van der Waals surface area contributed by atoms with Gasteiger partial charge in [0.2, 0.25) is 5.91 Å². The minimum absolute atomic E-state index is 0.0142. The van der Waals surface area contributed by atoms with Gasteiger partial charge in [-0.2, -0.15) is 0 Å². The SMILES string of the molecule is CCC1(O)CN(C(=O)C2CCCCCC2N)C1. The molecule has 0 aromatic heterocycles. The Balaban J connectivity index is 1.91. The van der Waals surface area contributed by atoms with Crippen LogP contribution in [0, 0.1) is 5.92 Å². The van der Waals surface area contributed by atoms with Crippen molar-refractivity contribution >= 4 is 5.91 Å². The number of hydrogen-bond acceptors (Lipinski definition) is 3. The molecule has 1 aliphatic heterocycles. The third-order valence-corrected chi connectivity index (χ3v) is 4.33. The molecule has 2 atom stereocenters. The van der Waals surface area contributed by atoms with Gasteiger partial charge in [0.1, 0.15) is 0 Å². The van der Waals surface area contributed by atoms with Crippen molar-refractivity contribution in [1.82, 2.24) is 4.90 Å². The number of β-amino-alcohol motifs (C(OH)–C–C–N with tert-alkyl or cyclic N) is 1. The average Bonchev–Trinajstić information content (AvgIpc) is 2.49. The second-order valence-corrected chi connectivity index (χ2v) is 5.68. The number of nitrogens with two attached hydrogens (primary N) is 1. The number of carbonyl (C=O) groups excluding carboxylic acids is 1. The quantitative estimate of drug-likeness (QED) is 0.704. The number of carbonyl (C=O) groups is 1. The Labute approximate surface area is 103 Å². The Morgan fingerprint density at radius 3 is 2.65 bits per heavy atom. The molecule has 2 unspecified atom stereocenters. The summed E-state index contributed by atoms with van der Waals surface area (Å²) in [5, 5.41) is 9.93. The standard InChI is InChI=1S/C13H24N2O2/c1-2-13(17)8-15(9-13)12(16)10-6-4-3-5-7-11(10)14/h10-11,17H,2-9,14H2,1H3. The lowest BCUT2D eigenvalue weighted by Gasteiger charge is -2.47. The van der Waals surface area contributed by atoms with Gasteiger partial charge in [0, 0.05) is 6.04 Å². The molecular formula is C13H24N2O2. The third kappa shape index (κ3) is 2.63. The van der Waals surface area contributed by atoms with E-state index in [1.807, 2.05) is 6.92 Å². The van der Waals surface area contributed by atoms with Gasteiger partial charge in [-0.05, 0) is 19.3 Å². The maximum atomic E-state index is 12.3. The summed E-state index contributed by atoms with van der Waals surface area (Å²) < 4.78 is 0. The molecular weight excluding hydrogens is 216 g/mol. The predicted octanol–water partition coefficient (Wildman–Crippen LogP) is 0.877. The zero-order valence-electron chi connectivity index (χ0n) is 10.7. The number of hydrogen-bond donors (Lipinski definition) is 2. The van der Waals surface area contributed by atoms with Crippen LogP contribution in [0.4, 0.5) is 0 Å². The van der Waals surface area contributed by atoms with Crippen molar-refractivity contribution in [1.29, 1.82) is 0 Å². The average molecular weight is 240 g/mol. The summed E-state index contributed by atoms with van der Waals surface area (Å²) in [5.41, 5.74) is 5.45. The van der Waals surface area contributed by atoms with Gasteiger partial charge in [-0.25, -0.2) is 0 Å². The van der Waals surface area contributed by atoms with Crippen molar-refractivity contribution in [2.75, 3.05) is 13.1 Å². The topological polar surface area (TPSA) is 66.6 Å². The molecule has 1 saturated heterocycles. The van der Waals surface area contributed by atoms with Gasteiger partial charge < -0.3 is 15.7 Å². The van der Waals surface area contributed by atoms with E-state index in [2.05, 4.69) is 0 Å². The second kappa shape index (κ2) is 4.94. The summed E-state index contributed by atoms with van der Waals surface area (Å²) in [6.07, 6.45) is 6.03. The molecule has 2 fully saturated rings. The van der Waals surface area contributed by atoms with Crippen molar-refractivity contribution in [3.8, 4) is 0 Å². The molecule has 2 rings (SSSR count). The summed E-state index contributed by atoms with van der Waals surface area (Å²) in [6.45, 7) is 2.94. The van der Waals surface area contributed by atoms with Crippen LogP contribution < -0.4 is 5.73 Å². The lowest BCUT2D eigenvalue weighted by molar-refractivity contribution is -0.160. The normalized spacial score (nSPS) is 32.8. The summed E-state index contributed by atoms with van der Waals surface area (Å²) >= 11 is 0. The van der Waals surface area contributed by atoms with Crippen LogP contribution in [-0.2, 0) is 4.79 Å². The van der Waals surface area contributed by atoms with E-state index in [1.54, 1.807) is 4.90 Å². The van der Waals surface area contributed by atoms with Crippen molar-refractivity contribution in [2.45, 2.75) is 57.1 Å². The molecule has 17 heavy (non-hydrogen) atoms. The predicted molar refractivity (Wildman–Crippen MR) is 66.4 cm³/mol. The molecule has 2 aliphatic rings. The molecule has 0 aromatic rings. The Bertz CT molecular complexity index is 287. The lowest BCUT2D eigenvalue weighted by atomic mass is 9.87. The van der Waals surface area contributed by atoms with Gasteiger partial charge in [-0.1, -0.05) is 26.2 Å². The van der Waals surface area contributed by atoms with Gasteiger partial charge in [0.05, 0.1) is 24.6 Å². The first kappa shape index (κ1) is 12.8. The highest BCUT2D eigenvalue weighted by molar-refractivity contribution is 5.80. The van der Waals surface area contributed by atoms with Crippen molar-refractivity contribution < 1.29 is 9.90 Å². The van der Waals surface area contributed by atoms with Crippen molar-refractivity contribution in [2.24, 2.45) is 11.7 Å². The van der Waals surface area contributed by atoms with Gasteiger partial charge in [0.15, 0.2) is 0 Å². The Hall–Kier alpha value is -0.610. The van der Waals surface area contributed by atoms with Crippen LogP contribution in [-0.4, -0.2) is 40.6 Å². The molecule has 0 spiro atoms. The van der Waals surface area contributed by atoms with E-state index < -0.39 is 5.60 Å². The zero-order chi connectivity index (χ0) is 12.5. The van der Waals surface area contributed by atoms with Gasteiger partial charge >= 0.3 is 0 Å². The first-order valence-electron chi connectivity index (χ1n) is 6.82. The monoisotopic (exact) mass is 240 g/mol. The number of likely N-dealkylation sites (tertiary alicyclic amines) is 1. The van der Waals surface area contributed by atoms with E-state index in [9.17, 15) is 9.90 Å². The van der Waals surface area contributed by atoms with E-state index in [0.29, 0.717) is 19.5 Å². The Morgan fingerprint density at radius 1 is 1.35 bits per heavy atom. The maximum absolute atomic E-state index is 12.3. The lowest BCUT2D eigenvalue weighted by Crippen LogP contribution is -2.65. The summed E-state index contributed by atoms with van der Waals surface area (Å²) in [5.74, 6) is 0.149. The highest BCUT2D eigenvalue weighted by atomic mass is 16.3. The molecule has 0 radical (unpaired) electrons. The fourth-order valence-corrected chi connectivity index (χ4v) is 2.92. The van der Waals surface area contributed by atoms with Crippen LogP contribution in [0.15, 0.2) is 0 Å². The van der Waals surface area contributed by atoms with Gasteiger partial charge in [0.25, 0.3) is 0 Å². The number of nitrogens with zero attached hydrogens (tertiary/aromatic N) is 1.